The maximum Gasteiger partial charge on any atom is 0.239 e. The number of amides is 1. The van der Waals surface area contributed by atoms with E-state index in [4.69, 9.17) is 4.74 Å². The first-order valence-corrected chi connectivity index (χ1v) is 4.54. The van der Waals surface area contributed by atoms with Gasteiger partial charge in [0.2, 0.25) is 5.91 Å². The second-order valence-corrected chi connectivity index (χ2v) is 2.90. The van der Waals surface area contributed by atoms with Crippen LogP contribution in [0, 0.1) is 0 Å². The smallest absolute Gasteiger partial charge is 0.239 e. The monoisotopic (exact) mass is 184 g/mol. The van der Waals surface area contributed by atoms with Crippen molar-refractivity contribution >= 4 is 5.91 Å². The normalized spacial score (nSPS) is 23.3. The molecule has 1 atom stereocenters. The lowest BCUT2D eigenvalue weighted by molar-refractivity contribution is -0.125. The first-order chi connectivity index (χ1) is 6.34. The predicted molar refractivity (Wildman–Crippen MR) is 50.4 cm³/mol. The van der Waals surface area contributed by atoms with E-state index in [0.717, 1.165) is 6.54 Å². The van der Waals surface area contributed by atoms with Gasteiger partial charge in [0, 0.05) is 13.1 Å². The van der Waals surface area contributed by atoms with Crippen molar-refractivity contribution in [2.24, 2.45) is 0 Å². The molecule has 1 heterocycles. The Morgan fingerprint density at radius 3 is 3.23 bits per heavy atom. The minimum absolute atomic E-state index is 0.0119. The van der Waals surface area contributed by atoms with Crippen LogP contribution in [0.5, 0.6) is 0 Å². The molecule has 13 heavy (non-hydrogen) atoms. The number of ether oxygens (including phenoxy) is 1. The minimum atomic E-state index is -0.181. The topological polar surface area (TPSA) is 50.4 Å². The van der Waals surface area contributed by atoms with E-state index >= 15 is 0 Å². The van der Waals surface area contributed by atoms with Gasteiger partial charge in [-0.15, -0.1) is 0 Å². The van der Waals surface area contributed by atoms with Crippen LogP contribution in [0.4, 0.5) is 0 Å². The molecule has 1 unspecified atom stereocenters. The van der Waals surface area contributed by atoms with Crippen LogP contribution < -0.4 is 10.6 Å². The van der Waals surface area contributed by atoms with Crippen LogP contribution >= 0.6 is 0 Å². The summed E-state index contributed by atoms with van der Waals surface area (Å²) in [6, 6.07) is -0.181. The van der Waals surface area contributed by atoms with Gasteiger partial charge in [-0.25, -0.2) is 0 Å². The third kappa shape index (κ3) is 3.57. The van der Waals surface area contributed by atoms with Crippen LogP contribution in [-0.2, 0) is 9.53 Å². The third-order valence-corrected chi connectivity index (χ3v) is 1.87. The van der Waals surface area contributed by atoms with E-state index in [-0.39, 0.29) is 11.9 Å². The zero-order valence-corrected chi connectivity index (χ0v) is 7.88. The van der Waals surface area contributed by atoms with Crippen molar-refractivity contribution in [1.29, 1.82) is 0 Å². The van der Waals surface area contributed by atoms with E-state index in [9.17, 15) is 4.79 Å². The van der Waals surface area contributed by atoms with E-state index in [1.807, 2.05) is 19.1 Å². The number of nitrogens with one attached hydrogen (secondary N) is 2. The van der Waals surface area contributed by atoms with Gasteiger partial charge in [0.1, 0.15) is 6.04 Å². The van der Waals surface area contributed by atoms with Crippen molar-refractivity contribution in [2.75, 3.05) is 26.3 Å². The van der Waals surface area contributed by atoms with Gasteiger partial charge in [0.25, 0.3) is 0 Å². The molecule has 1 aliphatic heterocycles. The SMILES string of the molecule is C/C=C/CNC(=O)C1COCCN1. The third-order valence-electron chi connectivity index (χ3n) is 1.87. The van der Waals surface area contributed by atoms with Crippen LogP contribution in [-0.4, -0.2) is 38.3 Å². The summed E-state index contributed by atoms with van der Waals surface area (Å²) < 4.78 is 5.17. The lowest BCUT2D eigenvalue weighted by atomic mass is 10.2. The molecule has 1 rings (SSSR count). The molecule has 0 aromatic heterocycles. The molecule has 1 saturated heterocycles. The van der Waals surface area contributed by atoms with Gasteiger partial charge < -0.3 is 15.4 Å². The van der Waals surface area contributed by atoms with Crippen LogP contribution in [0.2, 0.25) is 0 Å². The highest BCUT2D eigenvalue weighted by atomic mass is 16.5. The fourth-order valence-corrected chi connectivity index (χ4v) is 1.13. The first kappa shape index (κ1) is 10.2. The number of hydrogen-bond acceptors (Lipinski definition) is 3. The molecule has 4 heteroatoms. The van der Waals surface area contributed by atoms with E-state index < -0.39 is 0 Å². The largest absolute Gasteiger partial charge is 0.378 e. The Kier molecular flexibility index (Phi) is 4.49. The number of carbonyl (C=O) groups is 1. The Bertz CT molecular complexity index is 186. The Balaban J connectivity index is 2.21. The van der Waals surface area contributed by atoms with Gasteiger partial charge in [-0.3, -0.25) is 4.79 Å². The van der Waals surface area contributed by atoms with Crippen molar-refractivity contribution in [1.82, 2.24) is 10.6 Å². The van der Waals surface area contributed by atoms with Crippen LogP contribution in [0.3, 0.4) is 0 Å². The Labute approximate surface area is 78.3 Å². The number of carbonyl (C=O) groups excluding carboxylic acids is 1. The van der Waals surface area contributed by atoms with Gasteiger partial charge in [0.05, 0.1) is 13.2 Å². The second-order valence-electron chi connectivity index (χ2n) is 2.90. The maximum atomic E-state index is 11.4. The molecule has 0 bridgehead atoms. The second kappa shape index (κ2) is 5.72. The highest BCUT2D eigenvalue weighted by Crippen LogP contribution is 1.92. The van der Waals surface area contributed by atoms with Gasteiger partial charge in [0.15, 0.2) is 0 Å². The predicted octanol–water partition coefficient (Wildman–Crippen LogP) is -0.333. The summed E-state index contributed by atoms with van der Waals surface area (Å²) in [6.07, 6.45) is 3.81. The summed E-state index contributed by atoms with van der Waals surface area (Å²) in [4.78, 5) is 11.4. The molecule has 4 nitrogen and oxygen atoms in total. The average Bonchev–Trinajstić information content (AvgIpc) is 2.19. The van der Waals surface area contributed by atoms with Crippen LogP contribution in [0.15, 0.2) is 12.2 Å². The van der Waals surface area contributed by atoms with Crippen molar-refractivity contribution in [3.05, 3.63) is 12.2 Å². The molecule has 0 saturated carbocycles. The average molecular weight is 184 g/mol. The summed E-state index contributed by atoms with van der Waals surface area (Å²) in [5.74, 6) is 0.0119. The summed E-state index contributed by atoms with van der Waals surface area (Å²) in [6.45, 7) is 4.43. The molecule has 1 aliphatic rings. The van der Waals surface area contributed by atoms with Gasteiger partial charge in [-0.1, -0.05) is 12.2 Å². The molecule has 0 aromatic carbocycles. The van der Waals surface area contributed by atoms with Gasteiger partial charge in [-0.05, 0) is 6.92 Å². The fraction of sp³-hybridized carbons (Fsp3) is 0.667. The van der Waals surface area contributed by atoms with Crippen molar-refractivity contribution in [2.45, 2.75) is 13.0 Å². The van der Waals surface area contributed by atoms with Crippen molar-refractivity contribution < 1.29 is 9.53 Å². The molecule has 2 N–H and O–H groups in total. The lowest BCUT2D eigenvalue weighted by Gasteiger charge is -2.22. The molecule has 0 radical (unpaired) electrons. The number of hydrogen-bond donors (Lipinski definition) is 2. The standard InChI is InChI=1S/C9H16N2O2/c1-2-3-4-11-9(12)8-7-13-6-5-10-8/h2-3,8,10H,4-7H2,1H3,(H,11,12)/b3-2+. The molecule has 1 amide bonds. The lowest BCUT2D eigenvalue weighted by Crippen LogP contribution is -2.51. The molecule has 0 aromatic rings. The zero-order chi connectivity index (χ0) is 9.52. The zero-order valence-electron chi connectivity index (χ0n) is 7.88. The maximum absolute atomic E-state index is 11.4. The Morgan fingerprint density at radius 2 is 2.62 bits per heavy atom. The molecular formula is C9H16N2O2. The highest BCUT2D eigenvalue weighted by molar-refractivity contribution is 5.82. The minimum Gasteiger partial charge on any atom is -0.378 e. The Hall–Kier alpha value is -0.870. The van der Waals surface area contributed by atoms with E-state index in [0.29, 0.717) is 19.8 Å². The summed E-state index contributed by atoms with van der Waals surface area (Å²) >= 11 is 0. The summed E-state index contributed by atoms with van der Waals surface area (Å²) in [5.41, 5.74) is 0. The van der Waals surface area contributed by atoms with E-state index in [1.165, 1.54) is 0 Å². The number of morpholine rings is 1. The quantitative estimate of drug-likeness (QED) is 0.590. The molecule has 74 valence electrons. The van der Waals surface area contributed by atoms with Gasteiger partial charge >= 0.3 is 0 Å². The first-order valence-electron chi connectivity index (χ1n) is 4.54. The fourth-order valence-electron chi connectivity index (χ4n) is 1.13. The van der Waals surface area contributed by atoms with Crippen molar-refractivity contribution in [3.8, 4) is 0 Å². The van der Waals surface area contributed by atoms with Crippen LogP contribution in [0.25, 0.3) is 0 Å². The Morgan fingerprint density at radius 1 is 1.77 bits per heavy atom. The summed E-state index contributed by atoms with van der Waals surface area (Å²) in [5, 5.41) is 5.87. The van der Waals surface area contributed by atoms with E-state index in [1.54, 1.807) is 0 Å². The molecule has 1 fully saturated rings. The molecular weight excluding hydrogens is 168 g/mol. The number of allylic oxidation sites excluding steroid dienone is 1. The van der Waals surface area contributed by atoms with Gasteiger partial charge in [-0.2, -0.15) is 0 Å². The van der Waals surface area contributed by atoms with Crippen LogP contribution in [0.1, 0.15) is 6.92 Å². The number of rotatable bonds is 3. The van der Waals surface area contributed by atoms with Crippen molar-refractivity contribution in [3.63, 3.8) is 0 Å². The highest BCUT2D eigenvalue weighted by Gasteiger charge is 2.19. The summed E-state index contributed by atoms with van der Waals surface area (Å²) in [7, 11) is 0. The van der Waals surface area contributed by atoms with E-state index in [2.05, 4.69) is 10.6 Å². The molecule has 0 spiro atoms. The molecule has 0 aliphatic carbocycles.